The summed E-state index contributed by atoms with van der Waals surface area (Å²) in [6.45, 7) is 1.68. The first kappa shape index (κ1) is 17.5. The Kier molecular flexibility index (Phi) is 4.57. The topological polar surface area (TPSA) is 95.9 Å². The van der Waals surface area contributed by atoms with E-state index in [9.17, 15) is 19.5 Å². The molecule has 2 heterocycles. The zero-order valence-corrected chi connectivity index (χ0v) is 14.6. The lowest BCUT2D eigenvalue weighted by molar-refractivity contribution is -0.192. The van der Waals surface area contributed by atoms with Gasteiger partial charge in [0.2, 0.25) is 5.91 Å². The number of benzene rings is 1. The summed E-state index contributed by atoms with van der Waals surface area (Å²) in [7, 11) is 1.34. The van der Waals surface area contributed by atoms with Crippen LogP contribution in [0.2, 0.25) is 0 Å². The van der Waals surface area contributed by atoms with Crippen LogP contribution in [0.1, 0.15) is 12.5 Å². The summed E-state index contributed by atoms with van der Waals surface area (Å²) in [6, 6.07) is 9.14. The third kappa shape index (κ3) is 2.81. The van der Waals surface area contributed by atoms with Gasteiger partial charge in [0, 0.05) is 12.9 Å². The lowest BCUT2D eigenvalue weighted by Crippen LogP contribution is -2.80. The number of aliphatic carboxylic acids is 1. The zero-order chi connectivity index (χ0) is 18.2. The van der Waals surface area contributed by atoms with Gasteiger partial charge in [0.15, 0.2) is 0 Å². The number of carbonyl (C=O) groups excluding carboxylic acids is 2. The number of thioether (sulfide) groups is 1. The van der Waals surface area contributed by atoms with Crippen molar-refractivity contribution >= 4 is 29.5 Å². The summed E-state index contributed by atoms with van der Waals surface area (Å²) in [5, 5.41) is 11.4. The molecule has 0 bridgehead atoms. The number of ether oxygens (including phenoxy) is 1. The van der Waals surface area contributed by atoms with Crippen LogP contribution >= 0.6 is 11.8 Å². The van der Waals surface area contributed by atoms with Crippen molar-refractivity contribution in [2.75, 3.05) is 12.9 Å². The fourth-order valence-corrected chi connectivity index (χ4v) is 4.45. The predicted octanol–water partition coefficient (Wildman–Crippen LogP) is 0.962. The molecule has 2 amide bonds. The Labute approximate surface area is 149 Å². The number of fused-ring (bicyclic) bond motifs is 1. The fraction of sp³-hybridized carbons (Fsp3) is 0.353. The Morgan fingerprint density at radius 2 is 2.08 bits per heavy atom. The highest BCUT2D eigenvalue weighted by Crippen LogP contribution is 2.46. The highest BCUT2D eigenvalue weighted by molar-refractivity contribution is 8.00. The summed E-state index contributed by atoms with van der Waals surface area (Å²) >= 11 is 1.37. The molecule has 2 aliphatic heterocycles. The molecule has 0 radical (unpaired) electrons. The van der Waals surface area contributed by atoms with E-state index >= 15 is 0 Å². The molecular formula is C17H18N2O5S. The minimum atomic E-state index is -1.53. The average molecular weight is 362 g/mol. The minimum absolute atomic E-state index is 0.0290. The lowest BCUT2D eigenvalue weighted by atomic mass is 9.98. The van der Waals surface area contributed by atoms with Gasteiger partial charge in [-0.05, 0) is 18.1 Å². The second-order valence-electron chi connectivity index (χ2n) is 5.92. The van der Waals surface area contributed by atoms with Gasteiger partial charge in [-0.3, -0.25) is 14.5 Å². The van der Waals surface area contributed by atoms with Gasteiger partial charge < -0.3 is 15.2 Å². The maximum atomic E-state index is 12.7. The number of methoxy groups -OCH3 is 1. The van der Waals surface area contributed by atoms with E-state index in [1.807, 2.05) is 30.3 Å². The first-order valence-corrected chi connectivity index (χ1v) is 8.74. The highest BCUT2D eigenvalue weighted by Gasteiger charge is 2.66. The molecule has 1 saturated heterocycles. The number of carboxylic acid groups (broad SMARTS) is 1. The summed E-state index contributed by atoms with van der Waals surface area (Å²) in [6.07, 6.45) is 0.108. The maximum Gasteiger partial charge on any atom is 0.352 e. The monoisotopic (exact) mass is 362 g/mol. The van der Waals surface area contributed by atoms with E-state index in [-0.39, 0.29) is 18.0 Å². The van der Waals surface area contributed by atoms with Crippen molar-refractivity contribution in [3.8, 4) is 0 Å². The van der Waals surface area contributed by atoms with E-state index in [2.05, 4.69) is 5.32 Å². The minimum Gasteiger partial charge on any atom is -0.477 e. The Morgan fingerprint density at radius 1 is 1.40 bits per heavy atom. The van der Waals surface area contributed by atoms with Crippen LogP contribution < -0.4 is 5.32 Å². The molecular weight excluding hydrogens is 344 g/mol. The van der Waals surface area contributed by atoms with Crippen LogP contribution in [0.5, 0.6) is 0 Å². The number of hydrogen-bond acceptors (Lipinski definition) is 5. The third-order valence-corrected chi connectivity index (χ3v) is 5.74. The van der Waals surface area contributed by atoms with Gasteiger partial charge in [-0.15, -0.1) is 11.8 Å². The van der Waals surface area contributed by atoms with Crippen LogP contribution in [-0.4, -0.2) is 51.8 Å². The fourth-order valence-electron chi connectivity index (χ4n) is 3.07. The van der Waals surface area contributed by atoms with Gasteiger partial charge in [0.1, 0.15) is 11.1 Å². The van der Waals surface area contributed by atoms with Crippen molar-refractivity contribution in [1.82, 2.24) is 10.2 Å². The number of carboxylic acids is 1. The molecule has 1 fully saturated rings. The van der Waals surface area contributed by atoms with Crippen molar-refractivity contribution in [3.05, 3.63) is 47.2 Å². The Hall–Kier alpha value is -2.32. The first-order chi connectivity index (χ1) is 11.9. The zero-order valence-electron chi connectivity index (χ0n) is 13.8. The number of rotatable bonds is 5. The number of nitrogens with one attached hydrogen (secondary N) is 1. The number of β-lactam (4-membered cyclic amide) rings is 1. The molecule has 2 aliphatic rings. The molecule has 1 aromatic carbocycles. The van der Waals surface area contributed by atoms with Gasteiger partial charge in [0.05, 0.1) is 6.42 Å². The van der Waals surface area contributed by atoms with E-state index in [1.165, 1.54) is 23.8 Å². The van der Waals surface area contributed by atoms with E-state index in [1.54, 1.807) is 6.92 Å². The van der Waals surface area contributed by atoms with Crippen molar-refractivity contribution in [1.29, 1.82) is 0 Å². The Balaban J connectivity index is 1.80. The van der Waals surface area contributed by atoms with Crippen LogP contribution in [0, 0.1) is 0 Å². The van der Waals surface area contributed by atoms with Crippen molar-refractivity contribution in [2.24, 2.45) is 0 Å². The third-order valence-electron chi connectivity index (χ3n) is 4.28. The summed E-state index contributed by atoms with van der Waals surface area (Å²) in [5.41, 5.74) is -0.132. The number of amides is 2. The standard InChI is InChI=1S/C17H18N2O5S/c1-10-9-25-16-17(24-2,15(23)19(16)13(10)14(21)22)18-12(20)8-11-6-4-3-5-7-11/h3-7,16H,8-9H2,1-2H3,(H,18,20)(H,21,22)/t16-,17?/m1/s1. The Bertz CT molecular complexity index is 764. The molecule has 0 saturated carbocycles. The van der Waals surface area contributed by atoms with Crippen LogP contribution in [-0.2, 0) is 25.5 Å². The van der Waals surface area contributed by atoms with Gasteiger partial charge >= 0.3 is 5.97 Å². The molecule has 25 heavy (non-hydrogen) atoms. The molecule has 2 atom stereocenters. The lowest BCUT2D eigenvalue weighted by Gasteiger charge is -2.55. The smallest absolute Gasteiger partial charge is 0.352 e. The van der Waals surface area contributed by atoms with Crippen LogP contribution in [0.3, 0.4) is 0 Å². The first-order valence-electron chi connectivity index (χ1n) is 7.69. The van der Waals surface area contributed by atoms with Crippen LogP contribution in [0.4, 0.5) is 0 Å². The molecule has 0 spiro atoms. The van der Waals surface area contributed by atoms with Crippen molar-refractivity contribution < 1.29 is 24.2 Å². The SMILES string of the molecule is COC1(NC(=O)Cc2ccccc2)C(=O)N2C(C(=O)O)=C(C)CS[C@@H]21. The number of nitrogens with zero attached hydrogens (tertiary/aromatic N) is 1. The molecule has 0 aliphatic carbocycles. The summed E-state index contributed by atoms with van der Waals surface area (Å²) in [5.74, 6) is -1.62. The highest BCUT2D eigenvalue weighted by atomic mass is 32.2. The number of hydrogen-bond donors (Lipinski definition) is 2. The van der Waals surface area contributed by atoms with Gasteiger partial charge in [-0.1, -0.05) is 30.3 Å². The molecule has 8 heteroatoms. The van der Waals surface area contributed by atoms with E-state index in [0.29, 0.717) is 11.3 Å². The second kappa shape index (κ2) is 6.53. The van der Waals surface area contributed by atoms with Gasteiger partial charge in [-0.25, -0.2) is 4.79 Å². The molecule has 132 valence electrons. The quantitative estimate of drug-likeness (QED) is 0.598. The molecule has 1 unspecified atom stereocenters. The van der Waals surface area contributed by atoms with E-state index in [4.69, 9.17) is 4.74 Å². The van der Waals surface area contributed by atoms with Crippen molar-refractivity contribution in [3.63, 3.8) is 0 Å². The molecule has 1 aromatic rings. The summed E-state index contributed by atoms with van der Waals surface area (Å²) < 4.78 is 5.37. The van der Waals surface area contributed by atoms with Crippen LogP contribution in [0.15, 0.2) is 41.6 Å². The second-order valence-corrected chi connectivity index (χ2v) is 6.99. The largest absolute Gasteiger partial charge is 0.477 e. The van der Waals surface area contributed by atoms with Crippen molar-refractivity contribution in [2.45, 2.75) is 24.4 Å². The van der Waals surface area contributed by atoms with Gasteiger partial charge in [0.25, 0.3) is 11.6 Å². The molecule has 0 aromatic heterocycles. The van der Waals surface area contributed by atoms with E-state index in [0.717, 1.165) is 5.56 Å². The Morgan fingerprint density at radius 3 is 2.68 bits per heavy atom. The van der Waals surface area contributed by atoms with Crippen LogP contribution in [0.25, 0.3) is 0 Å². The number of carbonyl (C=O) groups is 3. The normalized spacial score (nSPS) is 25.3. The molecule has 3 rings (SSSR count). The average Bonchev–Trinajstić information content (AvgIpc) is 2.59. The predicted molar refractivity (Wildman–Crippen MR) is 91.5 cm³/mol. The van der Waals surface area contributed by atoms with Gasteiger partial charge in [-0.2, -0.15) is 0 Å². The summed E-state index contributed by atoms with van der Waals surface area (Å²) in [4.78, 5) is 37.7. The molecule has 7 nitrogen and oxygen atoms in total. The maximum absolute atomic E-state index is 12.7. The van der Waals surface area contributed by atoms with E-state index < -0.39 is 23.0 Å². The molecule has 2 N–H and O–H groups in total.